The van der Waals surface area contributed by atoms with E-state index < -0.39 is 0 Å². The Bertz CT molecular complexity index is 885. The molecule has 0 saturated heterocycles. The van der Waals surface area contributed by atoms with Crippen LogP contribution in [0.3, 0.4) is 0 Å². The lowest BCUT2D eigenvalue weighted by atomic mass is 10.1. The lowest BCUT2D eigenvalue weighted by Gasteiger charge is -2.06. The van der Waals surface area contributed by atoms with Crippen molar-refractivity contribution < 1.29 is 4.79 Å². The minimum atomic E-state index is -0.0181. The van der Waals surface area contributed by atoms with Crippen LogP contribution in [0.15, 0.2) is 53.7 Å². The first-order valence-corrected chi connectivity index (χ1v) is 9.43. The third kappa shape index (κ3) is 4.52. The molecule has 1 N–H and O–H groups in total. The number of aromatic nitrogens is 3. The average Bonchev–Trinajstić information content (AvgIpc) is 3.01. The maximum Gasteiger partial charge on any atom is 0.230 e. The predicted molar refractivity (Wildman–Crippen MR) is 105 cm³/mol. The molecular weight excluding hydrogens is 344 g/mol. The molecule has 1 amide bonds. The Hall–Kier alpha value is -2.60. The standard InChI is InChI=1S/C20H22N4OS/c1-14-4-8-16(9-5-14)12-21-18(25)13-26-20-23-22-19(24(20)3)17-10-6-15(2)7-11-17/h4-11H,12-13H2,1-3H3,(H,21,25). The van der Waals surface area contributed by atoms with Gasteiger partial charge in [0.05, 0.1) is 5.75 Å². The van der Waals surface area contributed by atoms with Gasteiger partial charge in [-0.15, -0.1) is 10.2 Å². The normalized spacial score (nSPS) is 10.7. The molecule has 0 atom stereocenters. The van der Waals surface area contributed by atoms with Crippen molar-refractivity contribution in [1.82, 2.24) is 20.1 Å². The number of thioether (sulfide) groups is 1. The first-order chi connectivity index (χ1) is 12.5. The lowest BCUT2D eigenvalue weighted by molar-refractivity contribution is -0.118. The molecular formula is C20H22N4OS. The van der Waals surface area contributed by atoms with Crippen molar-refractivity contribution in [2.45, 2.75) is 25.5 Å². The smallest absolute Gasteiger partial charge is 0.230 e. The Labute approximate surface area is 157 Å². The molecule has 1 aromatic heterocycles. The lowest BCUT2D eigenvalue weighted by Crippen LogP contribution is -2.24. The Morgan fingerprint density at radius 3 is 2.27 bits per heavy atom. The summed E-state index contributed by atoms with van der Waals surface area (Å²) in [6, 6.07) is 16.3. The molecule has 0 aliphatic heterocycles. The van der Waals surface area contributed by atoms with Gasteiger partial charge in [0.1, 0.15) is 0 Å². The van der Waals surface area contributed by atoms with Crippen LogP contribution in [0, 0.1) is 13.8 Å². The number of aryl methyl sites for hydroxylation is 2. The molecule has 0 bridgehead atoms. The molecule has 0 radical (unpaired) electrons. The van der Waals surface area contributed by atoms with Crippen molar-refractivity contribution in [2.24, 2.45) is 7.05 Å². The van der Waals surface area contributed by atoms with Crippen LogP contribution >= 0.6 is 11.8 Å². The number of hydrogen-bond acceptors (Lipinski definition) is 4. The molecule has 3 aromatic rings. The maximum atomic E-state index is 12.1. The Kier molecular flexibility index (Phi) is 5.73. The summed E-state index contributed by atoms with van der Waals surface area (Å²) in [6.07, 6.45) is 0. The van der Waals surface area contributed by atoms with Gasteiger partial charge in [0, 0.05) is 19.2 Å². The van der Waals surface area contributed by atoms with E-state index in [9.17, 15) is 4.79 Å². The highest BCUT2D eigenvalue weighted by molar-refractivity contribution is 7.99. The van der Waals surface area contributed by atoms with E-state index in [0.29, 0.717) is 12.3 Å². The van der Waals surface area contributed by atoms with Gasteiger partial charge < -0.3 is 9.88 Å². The van der Waals surface area contributed by atoms with E-state index in [1.165, 1.54) is 22.9 Å². The molecule has 134 valence electrons. The van der Waals surface area contributed by atoms with Crippen LogP contribution < -0.4 is 5.32 Å². The zero-order chi connectivity index (χ0) is 18.5. The zero-order valence-corrected chi connectivity index (χ0v) is 16.0. The minimum absolute atomic E-state index is 0.0181. The van der Waals surface area contributed by atoms with Gasteiger partial charge in [-0.3, -0.25) is 4.79 Å². The highest BCUT2D eigenvalue weighted by atomic mass is 32.2. The Morgan fingerprint density at radius 1 is 1.00 bits per heavy atom. The second-order valence-corrected chi connectivity index (χ2v) is 7.22. The second-order valence-electron chi connectivity index (χ2n) is 6.28. The number of benzene rings is 2. The fourth-order valence-corrected chi connectivity index (χ4v) is 3.22. The average molecular weight is 366 g/mol. The molecule has 0 unspecified atom stereocenters. The third-order valence-electron chi connectivity index (χ3n) is 4.09. The zero-order valence-electron chi connectivity index (χ0n) is 15.2. The monoisotopic (exact) mass is 366 g/mol. The molecule has 26 heavy (non-hydrogen) atoms. The molecule has 1 heterocycles. The van der Waals surface area contributed by atoms with Crippen molar-refractivity contribution in [3.05, 3.63) is 65.2 Å². The minimum Gasteiger partial charge on any atom is -0.351 e. The molecule has 0 aliphatic carbocycles. The van der Waals surface area contributed by atoms with Gasteiger partial charge in [-0.25, -0.2) is 0 Å². The van der Waals surface area contributed by atoms with Crippen LogP contribution in [0.25, 0.3) is 11.4 Å². The van der Waals surface area contributed by atoms with Crippen LogP contribution in [-0.2, 0) is 18.4 Å². The fraction of sp³-hybridized carbons (Fsp3) is 0.250. The van der Waals surface area contributed by atoms with E-state index in [0.717, 1.165) is 22.1 Å². The van der Waals surface area contributed by atoms with E-state index in [2.05, 4.69) is 34.6 Å². The largest absolute Gasteiger partial charge is 0.351 e. The summed E-state index contributed by atoms with van der Waals surface area (Å²) in [4.78, 5) is 12.1. The number of amides is 1. The van der Waals surface area contributed by atoms with Crippen LogP contribution in [0.2, 0.25) is 0 Å². The first-order valence-electron chi connectivity index (χ1n) is 8.44. The predicted octanol–water partition coefficient (Wildman–Crippen LogP) is 3.51. The third-order valence-corrected chi connectivity index (χ3v) is 5.11. The van der Waals surface area contributed by atoms with E-state index in [-0.39, 0.29) is 5.91 Å². The van der Waals surface area contributed by atoms with E-state index >= 15 is 0 Å². The fourth-order valence-electron chi connectivity index (χ4n) is 2.48. The summed E-state index contributed by atoms with van der Waals surface area (Å²) < 4.78 is 1.92. The Morgan fingerprint density at radius 2 is 1.62 bits per heavy atom. The summed E-state index contributed by atoms with van der Waals surface area (Å²) in [5.74, 6) is 1.09. The number of carbonyl (C=O) groups is 1. The van der Waals surface area contributed by atoms with Gasteiger partial charge in [-0.2, -0.15) is 0 Å². The first kappa shape index (κ1) is 18.2. The molecule has 0 saturated carbocycles. The molecule has 3 rings (SSSR count). The number of nitrogens with one attached hydrogen (secondary N) is 1. The van der Waals surface area contributed by atoms with E-state index in [4.69, 9.17) is 0 Å². The number of carbonyl (C=O) groups excluding carboxylic acids is 1. The van der Waals surface area contributed by atoms with Crippen LogP contribution in [0.4, 0.5) is 0 Å². The van der Waals surface area contributed by atoms with Gasteiger partial charge in [0.15, 0.2) is 11.0 Å². The molecule has 0 aliphatic rings. The van der Waals surface area contributed by atoms with Crippen molar-refractivity contribution in [1.29, 1.82) is 0 Å². The van der Waals surface area contributed by atoms with E-state index in [1.54, 1.807) is 0 Å². The van der Waals surface area contributed by atoms with Gasteiger partial charge in [0.2, 0.25) is 5.91 Å². The maximum absolute atomic E-state index is 12.1. The molecule has 5 nitrogen and oxygen atoms in total. The summed E-state index contributed by atoms with van der Waals surface area (Å²) in [6.45, 7) is 4.63. The topological polar surface area (TPSA) is 59.8 Å². The van der Waals surface area contributed by atoms with Crippen LogP contribution in [0.1, 0.15) is 16.7 Å². The van der Waals surface area contributed by atoms with Crippen LogP contribution in [0.5, 0.6) is 0 Å². The van der Waals surface area contributed by atoms with Crippen molar-refractivity contribution in [3.8, 4) is 11.4 Å². The van der Waals surface area contributed by atoms with Crippen molar-refractivity contribution >= 4 is 17.7 Å². The van der Waals surface area contributed by atoms with Gasteiger partial charge >= 0.3 is 0 Å². The summed E-state index contributed by atoms with van der Waals surface area (Å²) in [5, 5.41) is 12.1. The highest BCUT2D eigenvalue weighted by Gasteiger charge is 2.12. The number of hydrogen-bond donors (Lipinski definition) is 1. The van der Waals surface area contributed by atoms with Gasteiger partial charge in [0.25, 0.3) is 0 Å². The van der Waals surface area contributed by atoms with Gasteiger partial charge in [-0.05, 0) is 19.4 Å². The van der Waals surface area contributed by atoms with Crippen LogP contribution in [-0.4, -0.2) is 26.4 Å². The quantitative estimate of drug-likeness (QED) is 0.678. The summed E-state index contributed by atoms with van der Waals surface area (Å²) >= 11 is 1.39. The summed E-state index contributed by atoms with van der Waals surface area (Å²) in [5.41, 5.74) is 4.52. The van der Waals surface area contributed by atoms with Gasteiger partial charge in [-0.1, -0.05) is 71.4 Å². The van der Waals surface area contributed by atoms with E-state index in [1.807, 2.05) is 54.9 Å². The molecule has 0 spiro atoms. The second kappa shape index (κ2) is 8.19. The molecule has 6 heteroatoms. The molecule has 0 fully saturated rings. The summed E-state index contributed by atoms with van der Waals surface area (Å²) in [7, 11) is 1.92. The number of nitrogens with zero attached hydrogens (tertiary/aromatic N) is 3. The number of rotatable bonds is 6. The molecule has 2 aromatic carbocycles. The van der Waals surface area contributed by atoms with Crippen molar-refractivity contribution in [3.63, 3.8) is 0 Å². The Balaban J connectivity index is 1.55. The van der Waals surface area contributed by atoms with Crippen molar-refractivity contribution in [2.75, 3.05) is 5.75 Å². The highest BCUT2D eigenvalue weighted by Crippen LogP contribution is 2.22. The SMILES string of the molecule is Cc1ccc(CNC(=O)CSc2nnc(-c3ccc(C)cc3)n2C)cc1.